The topological polar surface area (TPSA) is 56.7 Å². The molecule has 0 atom stereocenters. The molecule has 2 N–H and O–H groups in total. The predicted molar refractivity (Wildman–Crippen MR) is 63.1 cm³/mol. The monoisotopic (exact) mass is 216 g/mol. The van der Waals surface area contributed by atoms with Gasteiger partial charge in [0.15, 0.2) is 5.65 Å². The van der Waals surface area contributed by atoms with Crippen molar-refractivity contribution in [1.29, 1.82) is 0 Å². The van der Waals surface area contributed by atoms with E-state index in [1.165, 1.54) is 6.42 Å². The maximum atomic E-state index is 5.92. The lowest BCUT2D eigenvalue weighted by Gasteiger charge is -2.39. The molecule has 1 saturated carbocycles. The highest BCUT2D eigenvalue weighted by Crippen LogP contribution is 2.42. The fourth-order valence-corrected chi connectivity index (χ4v) is 2.62. The number of aromatic nitrogens is 3. The van der Waals surface area contributed by atoms with Crippen molar-refractivity contribution in [2.45, 2.75) is 24.7 Å². The minimum absolute atomic E-state index is 0.107. The van der Waals surface area contributed by atoms with Gasteiger partial charge in [-0.05, 0) is 25.0 Å². The van der Waals surface area contributed by atoms with Gasteiger partial charge in [0, 0.05) is 25.2 Å². The van der Waals surface area contributed by atoms with E-state index in [9.17, 15) is 0 Å². The van der Waals surface area contributed by atoms with Crippen molar-refractivity contribution in [2.24, 2.45) is 12.8 Å². The zero-order valence-electron chi connectivity index (χ0n) is 9.48. The molecule has 84 valence electrons. The minimum atomic E-state index is 0.107. The molecule has 0 bridgehead atoms. The van der Waals surface area contributed by atoms with Gasteiger partial charge in [-0.2, -0.15) is 0 Å². The summed E-state index contributed by atoms with van der Waals surface area (Å²) in [6.07, 6.45) is 5.37. The van der Waals surface area contributed by atoms with Gasteiger partial charge >= 0.3 is 0 Å². The number of rotatable bonds is 2. The third-order valence-corrected chi connectivity index (χ3v) is 3.80. The molecule has 2 aromatic rings. The van der Waals surface area contributed by atoms with Crippen LogP contribution in [0.2, 0.25) is 0 Å². The highest BCUT2D eigenvalue weighted by Gasteiger charge is 2.41. The van der Waals surface area contributed by atoms with Gasteiger partial charge in [-0.25, -0.2) is 9.97 Å². The van der Waals surface area contributed by atoms with E-state index in [2.05, 4.69) is 9.55 Å². The highest BCUT2D eigenvalue weighted by molar-refractivity contribution is 5.71. The molecule has 2 heterocycles. The smallest absolute Gasteiger partial charge is 0.159 e. The Morgan fingerprint density at radius 1 is 1.50 bits per heavy atom. The van der Waals surface area contributed by atoms with E-state index in [0.717, 1.165) is 29.8 Å². The number of aryl methyl sites for hydroxylation is 1. The number of pyridine rings is 1. The van der Waals surface area contributed by atoms with Crippen LogP contribution in [-0.2, 0) is 12.5 Å². The van der Waals surface area contributed by atoms with Crippen LogP contribution in [0.25, 0.3) is 11.2 Å². The number of nitrogens with two attached hydrogens (primary N) is 1. The fraction of sp³-hybridized carbons (Fsp3) is 0.500. The third kappa shape index (κ3) is 1.13. The summed E-state index contributed by atoms with van der Waals surface area (Å²) in [6, 6.07) is 3.93. The molecular formula is C12H16N4. The van der Waals surface area contributed by atoms with Crippen LogP contribution in [0.15, 0.2) is 18.3 Å². The zero-order valence-corrected chi connectivity index (χ0v) is 9.48. The van der Waals surface area contributed by atoms with Gasteiger partial charge in [-0.15, -0.1) is 0 Å². The summed E-state index contributed by atoms with van der Waals surface area (Å²) in [5.41, 5.74) is 7.95. The molecule has 16 heavy (non-hydrogen) atoms. The Hall–Kier alpha value is -1.42. The van der Waals surface area contributed by atoms with Crippen molar-refractivity contribution in [3.05, 3.63) is 24.2 Å². The molecule has 2 aromatic heterocycles. The van der Waals surface area contributed by atoms with E-state index < -0.39 is 0 Å². The summed E-state index contributed by atoms with van der Waals surface area (Å²) in [5, 5.41) is 0. The molecule has 0 saturated heterocycles. The first kappa shape index (κ1) is 9.78. The Bertz CT molecular complexity index is 519. The Morgan fingerprint density at radius 2 is 2.31 bits per heavy atom. The first-order chi connectivity index (χ1) is 7.77. The van der Waals surface area contributed by atoms with Crippen molar-refractivity contribution >= 4 is 11.2 Å². The second-order valence-electron chi connectivity index (χ2n) is 4.68. The molecule has 1 aliphatic carbocycles. The van der Waals surface area contributed by atoms with Gasteiger partial charge < -0.3 is 10.3 Å². The van der Waals surface area contributed by atoms with Crippen LogP contribution in [0.1, 0.15) is 25.1 Å². The van der Waals surface area contributed by atoms with Gasteiger partial charge in [0.2, 0.25) is 0 Å². The van der Waals surface area contributed by atoms with Crippen molar-refractivity contribution in [3.8, 4) is 0 Å². The van der Waals surface area contributed by atoms with E-state index in [4.69, 9.17) is 10.7 Å². The molecule has 0 amide bonds. The average molecular weight is 216 g/mol. The van der Waals surface area contributed by atoms with Gasteiger partial charge in [0.1, 0.15) is 11.3 Å². The summed E-state index contributed by atoms with van der Waals surface area (Å²) in [4.78, 5) is 9.06. The van der Waals surface area contributed by atoms with Gasteiger partial charge in [0.25, 0.3) is 0 Å². The van der Waals surface area contributed by atoms with Crippen LogP contribution in [-0.4, -0.2) is 21.1 Å². The summed E-state index contributed by atoms with van der Waals surface area (Å²) in [7, 11) is 2.04. The van der Waals surface area contributed by atoms with Gasteiger partial charge in [-0.3, -0.25) is 0 Å². The standard InChI is InChI=1S/C12H16N4/c1-16-10-9(4-2-7-14-10)15-11(16)12(8-13)5-3-6-12/h2,4,7H,3,5-6,8,13H2,1H3. The van der Waals surface area contributed by atoms with E-state index in [0.29, 0.717) is 6.54 Å². The Morgan fingerprint density at radius 3 is 2.88 bits per heavy atom. The molecule has 4 heteroatoms. The summed E-state index contributed by atoms with van der Waals surface area (Å²) in [5.74, 6) is 1.11. The predicted octanol–water partition coefficient (Wildman–Crippen LogP) is 1.35. The van der Waals surface area contributed by atoms with E-state index in [1.807, 2.05) is 25.4 Å². The van der Waals surface area contributed by atoms with Gasteiger partial charge in [0.05, 0.1) is 0 Å². The molecule has 4 nitrogen and oxygen atoms in total. The molecule has 0 radical (unpaired) electrons. The van der Waals surface area contributed by atoms with Crippen LogP contribution in [0.3, 0.4) is 0 Å². The number of hydrogen-bond acceptors (Lipinski definition) is 3. The van der Waals surface area contributed by atoms with Crippen LogP contribution in [0, 0.1) is 0 Å². The second kappa shape index (κ2) is 3.28. The molecule has 1 aliphatic rings. The summed E-state index contributed by atoms with van der Waals surface area (Å²) >= 11 is 0. The van der Waals surface area contributed by atoms with E-state index in [-0.39, 0.29) is 5.41 Å². The highest BCUT2D eigenvalue weighted by atomic mass is 15.1. The number of imidazole rings is 1. The van der Waals surface area contributed by atoms with Crippen LogP contribution in [0.4, 0.5) is 0 Å². The van der Waals surface area contributed by atoms with Crippen molar-refractivity contribution in [3.63, 3.8) is 0 Å². The Labute approximate surface area is 94.5 Å². The number of hydrogen-bond donors (Lipinski definition) is 1. The first-order valence-corrected chi connectivity index (χ1v) is 5.75. The van der Waals surface area contributed by atoms with Gasteiger partial charge in [-0.1, -0.05) is 6.42 Å². The quantitative estimate of drug-likeness (QED) is 0.824. The molecule has 3 rings (SSSR count). The number of nitrogens with zero attached hydrogens (tertiary/aromatic N) is 3. The largest absolute Gasteiger partial charge is 0.329 e. The Kier molecular flexibility index (Phi) is 2.01. The summed E-state index contributed by atoms with van der Waals surface area (Å²) < 4.78 is 2.10. The number of fused-ring (bicyclic) bond motifs is 1. The normalized spacial score (nSPS) is 18.6. The average Bonchev–Trinajstić information content (AvgIpc) is 2.57. The van der Waals surface area contributed by atoms with Crippen LogP contribution >= 0.6 is 0 Å². The maximum absolute atomic E-state index is 5.92. The lowest BCUT2D eigenvalue weighted by atomic mass is 9.68. The van der Waals surface area contributed by atoms with Crippen molar-refractivity contribution in [2.75, 3.05) is 6.54 Å². The SMILES string of the molecule is Cn1c(C2(CN)CCC2)nc2cccnc21. The summed E-state index contributed by atoms with van der Waals surface area (Å²) in [6.45, 7) is 0.685. The second-order valence-corrected chi connectivity index (χ2v) is 4.68. The minimum Gasteiger partial charge on any atom is -0.329 e. The Balaban J connectivity index is 2.20. The van der Waals surface area contributed by atoms with E-state index in [1.54, 1.807) is 0 Å². The zero-order chi connectivity index (χ0) is 11.2. The van der Waals surface area contributed by atoms with Crippen molar-refractivity contribution < 1.29 is 0 Å². The van der Waals surface area contributed by atoms with Crippen LogP contribution < -0.4 is 5.73 Å². The maximum Gasteiger partial charge on any atom is 0.159 e. The first-order valence-electron chi connectivity index (χ1n) is 5.75. The molecule has 0 unspecified atom stereocenters. The lowest BCUT2D eigenvalue weighted by molar-refractivity contribution is 0.233. The molecule has 0 aromatic carbocycles. The third-order valence-electron chi connectivity index (χ3n) is 3.80. The molecule has 1 fully saturated rings. The lowest BCUT2D eigenvalue weighted by Crippen LogP contribution is -2.43. The van der Waals surface area contributed by atoms with E-state index >= 15 is 0 Å². The fourth-order valence-electron chi connectivity index (χ4n) is 2.62. The molecular weight excluding hydrogens is 200 g/mol. The molecule has 0 aliphatic heterocycles. The molecule has 0 spiro atoms. The van der Waals surface area contributed by atoms with Crippen LogP contribution in [0.5, 0.6) is 0 Å². The van der Waals surface area contributed by atoms with Crippen molar-refractivity contribution in [1.82, 2.24) is 14.5 Å².